The fourth-order valence-corrected chi connectivity index (χ4v) is 4.25. The first-order chi connectivity index (χ1) is 13.3. The molecular formula is C19H17F3N2O3S. The van der Waals surface area contributed by atoms with Crippen molar-refractivity contribution in [2.75, 3.05) is 26.2 Å². The van der Waals surface area contributed by atoms with E-state index in [1.165, 1.54) is 29.2 Å². The second kappa shape index (κ2) is 8.15. The lowest BCUT2D eigenvalue weighted by Gasteiger charge is -2.33. The van der Waals surface area contributed by atoms with Crippen LogP contribution in [0.1, 0.15) is 5.56 Å². The van der Waals surface area contributed by atoms with Crippen molar-refractivity contribution >= 4 is 22.0 Å². The van der Waals surface area contributed by atoms with Crippen LogP contribution in [0.15, 0.2) is 53.4 Å². The molecule has 28 heavy (non-hydrogen) atoms. The number of hydrogen-bond acceptors (Lipinski definition) is 3. The van der Waals surface area contributed by atoms with Crippen LogP contribution in [-0.2, 0) is 14.8 Å². The zero-order valence-electron chi connectivity index (χ0n) is 14.7. The highest BCUT2D eigenvalue weighted by Crippen LogP contribution is 2.20. The molecule has 1 aliphatic rings. The first-order valence-corrected chi connectivity index (χ1v) is 9.90. The predicted molar refractivity (Wildman–Crippen MR) is 97.1 cm³/mol. The van der Waals surface area contributed by atoms with Gasteiger partial charge in [-0.2, -0.15) is 4.31 Å². The number of sulfonamides is 1. The van der Waals surface area contributed by atoms with Crippen molar-refractivity contribution in [1.82, 2.24) is 9.21 Å². The Hall–Kier alpha value is -2.65. The van der Waals surface area contributed by atoms with Gasteiger partial charge in [0.1, 0.15) is 5.82 Å². The molecule has 0 bridgehead atoms. The Morgan fingerprint density at radius 1 is 0.893 bits per heavy atom. The number of halogens is 3. The Morgan fingerprint density at radius 3 is 2.21 bits per heavy atom. The molecule has 2 aromatic rings. The second-order valence-corrected chi connectivity index (χ2v) is 8.10. The molecule has 3 rings (SSSR count). The average Bonchev–Trinajstić information content (AvgIpc) is 2.69. The Labute approximate surface area is 160 Å². The first-order valence-electron chi connectivity index (χ1n) is 8.46. The number of nitrogens with zero attached hydrogens (tertiary/aromatic N) is 2. The van der Waals surface area contributed by atoms with Gasteiger partial charge in [-0.15, -0.1) is 0 Å². The SMILES string of the molecule is O=C(/C=C/c1ccccc1F)N1CCN(S(=O)(=O)c2ccc(F)c(F)c2)CC1. The van der Waals surface area contributed by atoms with Crippen LogP contribution in [0.4, 0.5) is 13.2 Å². The van der Waals surface area contributed by atoms with Gasteiger partial charge in [0.2, 0.25) is 15.9 Å². The largest absolute Gasteiger partial charge is 0.337 e. The zero-order chi connectivity index (χ0) is 20.3. The number of carbonyl (C=O) groups is 1. The third-order valence-corrected chi connectivity index (χ3v) is 6.28. The van der Waals surface area contributed by atoms with Gasteiger partial charge in [-0.25, -0.2) is 21.6 Å². The van der Waals surface area contributed by atoms with E-state index in [1.807, 2.05) is 0 Å². The standard InChI is InChI=1S/C19H17F3N2O3S/c20-16-4-2-1-3-14(16)5-8-19(25)23-9-11-24(12-10-23)28(26,27)15-6-7-17(21)18(22)13-15/h1-8,13H,9-12H2/b8-5+. The summed E-state index contributed by atoms with van der Waals surface area (Å²) >= 11 is 0. The van der Waals surface area contributed by atoms with Crippen LogP contribution in [0.25, 0.3) is 6.08 Å². The van der Waals surface area contributed by atoms with Gasteiger partial charge in [-0.05, 0) is 30.3 Å². The smallest absolute Gasteiger partial charge is 0.246 e. The molecule has 148 valence electrons. The van der Waals surface area contributed by atoms with E-state index >= 15 is 0 Å². The minimum atomic E-state index is -3.99. The Bertz CT molecular complexity index is 1020. The fourth-order valence-electron chi connectivity index (χ4n) is 2.81. The van der Waals surface area contributed by atoms with Crippen molar-refractivity contribution in [1.29, 1.82) is 0 Å². The van der Waals surface area contributed by atoms with Crippen molar-refractivity contribution in [3.05, 3.63) is 71.6 Å². The second-order valence-electron chi connectivity index (χ2n) is 6.16. The van der Waals surface area contributed by atoms with E-state index in [2.05, 4.69) is 0 Å². The fraction of sp³-hybridized carbons (Fsp3) is 0.211. The highest BCUT2D eigenvalue weighted by Gasteiger charge is 2.30. The van der Waals surface area contributed by atoms with Crippen LogP contribution >= 0.6 is 0 Å². The molecule has 9 heteroatoms. The molecule has 1 aliphatic heterocycles. The number of carbonyl (C=O) groups excluding carboxylic acids is 1. The highest BCUT2D eigenvalue weighted by atomic mass is 32.2. The summed E-state index contributed by atoms with van der Waals surface area (Å²) in [6, 6.07) is 8.41. The Kier molecular flexibility index (Phi) is 5.85. The molecule has 0 spiro atoms. The summed E-state index contributed by atoms with van der Waals surface area (Å²) in [4.78, 5) is 13.3. The Morgan fingerprint density at radius 2 is 1.57 bits per heavy atom. The van der Waals surface area contributed by atoms with Crippen molar-refractivity contribution in [3.63, 3.8) is 0 Å². The number of benzene rings is 2. The van der Waals surface area contributed by atoms with Crippen LogP contribution in [0.5, 0.6) is 0 Å². The molecule has 0 saturated carbocycles. The monoisotopic (exact) mass is 410 g/mol. The van der Waals surface area contributed by atoms with Crippen molar-refractivity contribution in [2.45, 2.75) is 4.90 Å². The van der Waals surface area contributed by atoms with Gasteiger partial charge in [-0.3, -0.25) is 4.79 Å². The van der Waals surface area contributed by atoms with E-state index in [4.69, 9.17) is 0 Å². The molecule has 5 nitrogen and oxygen atoms in total. The molecule has 1 saturated heterocycles. The first kappa shape index (κ1) is 20.1. The minimum absolute atomic E-state index is 0.0145. The summed E-state index contributed by atoms with van der Waals surface area (Å²) in [6.07, 6.45) is 2.60. The molecule has 0 aliphatic carbocycles. The van der Waals surface area contributed by atoms with E-state index in [0.29, 0.717) is 6.07 Å². The summed E-state index contributed by atoms with van der Waals surface area (Å²) in [5.41, 5.74) is 0.274. The van der Waals surface area contributed by atoms with Crippen molar-refractivity contribution in [3.8, 4) is 0 Å². The van der Waals surface area contributed by atoms with E-state index in [9.17, 15) is 26.4 Å². The molecule has 0 atom stereocenters. The lowest BCUT2D eigenvalue weighted by Crippen LogP contribution is -2.50. The maximum absolute atomic E-state index is 13.6. The van der Waals surface area contributed by atoms with Gasteiger partial charge >= 0.3 is 0 Å². The van der Waals surface area contributed by atoms with Crippen LogP contribution in [0.2, 0.25) is 0 Å². The van der Waals surface area contributed by atoms with Crippen LogP contribution in [-0.4, -0.2) is 49.7 Å². The molecule has 1 fully saturated rings. The molecule has 0 radical (unpaired) electrons. The van der Waals surface area contributed by atoms with E-state index in [1.54, 1.807) is 12.1 Å². The molecule has 0 unspecified atom stereocenters. The van der Waals surface area contributed by atoms with Gasteiger partial charge in [0.15, 0.2) is 11.6 Å². The zero-order valence-corrected chi connectivity index (χ0v) is 15.5. The van der Waals surface area contributed by atoms with Gasteiger partial charge in [0.05, 0.1) is 4.90 Å². The number of piperazine rings is 1. The minimum Gasteiger partial charge on any atom is -0.337 e. The van der Waals surface area contributed by atoms with Crippen LogP contribution in [0.3, 0.4) is 0 Å². The maximum Gasteiger partial charge on any atom is 0.246 e. The lowest BCUT2D eigenvalue weighted by atomic mass is 10.2. The molecule has 1 heterocycles. The third-order valence-electron chi connectivity index (χ3n) is 4.39. The summed E-state index contributed by atoms with van der Waals surface area (Å²) in [5.74, 6) is -3.19. The van der Waals surface area contributed by atoms with Crippen molar-refractivity contribution in [2.24, 2.45) is 0 Å². The number of hydrogen-bond donors (Lipinski definition) is 0. The quantitative estimate of drug-likeness (QED) is 0.729. The number of amides is 1. The predicted octanol–water partition coefficient (Wildman–Crippen LogP) is 2.65. The molecule has 0 N–H and O–H groups in total. The van der Waals surface area contributed by atoms with Crippen molar-refractivity contribution < 1.29 is 26.4 Å². The van der Waals surface area contributed by atoms with Gasteiger partial charge < -0.3 is 4.90 Å². The molecule has 2 aromatic carbocycles. The highest BCUT2D eigenvalue weighted by molar-refractivity contribution is 7.89. The topological polar surface area (TPSA) is 57.7 Å². The third kappa shape index (κ3) is 4.26. The lowest BCUT2D eigenvalue weighted by molar-refractivity contribution is -0.127. The number of rotatable bonds is 4. The van der Waals surface area contributed by atoms with Crippen LogP contribution < -0.4 is 0 Å². The average molecular weight is 410 g/mol. The normalized spacial score (nSPS) is 15.9. The summed E-state index contributed by atoms with van der Waals surface area (Å²) in [6.45, 7) is 0.286. The molecular weight excluding hydrogens is 393 g/mol. The van der Waals surface area contributed by atoms with Crippen LogP contribution in [0, 0.1) is 17.5 Å². The summed E-state index contributed by atoms with van der Waals surface area (Å²) in [5, 5.41) is 0. The molecule has 1 amide bonds. The van der Waals surface area contributed by atoms with Gasteiger partial charge in [-0.1, -0.05) is 18.2 Å². The molecule has 0 aromatic heterocycles. The summed E-state index contributed by atoms with van der Waals surface area (Å²) < 4.78 is 66.2. The van der Waals surface area contributed by atoms with E-state index in [0.717, 1.165) is 16.4 Å². The van der Waals surface area contributed by atoms with Gasteiger partial charge in [0, 0.05) is 37.8 Å². The van der Waals surface area contributed by atoms with E-state index < -0.39 is 27.5 Å². The van der Waals surface area contributed by atoms with Gasteiger partial charge in [0.25, 0.3) is 0 Å². The van der Waals surface area contributed by atoms with E-state index in [-0.39, 0.29) is 42.5 Å². The Balaban J connectivity index is 1.64. The maximum atomic E-state index is 13.6. The summed E-state index contributed by atoms with van der Waals surface area (Å²) in [7, 11) is -3.99.